The lowest BCUT2D eigenvalue weighted by Gasteiger charge is -2.32. The molecule has 1 radical (unpaired) electrons. The Labute approximate surface area is 125 Å². The molecule has 8 heteroatoms. The second-order valence-corrected chi connectivity index (χ2v) is 6.10. The molecule has 22 heavy (non-hydrogen) atoms. The summed E-state index contributed by atoms with van der Waals surface area (Å²) in [5.74, 6) is -0.545. The molecule has 0 atom stereocenters. The van der Waals surface area contributed by atoms with Gasteiger partial charge in [-0.15, -0.1) is 13.2 Å². The molecule has 0 amide bonds. The van der Waals surface area contributed by atoms with Crippen molar-refractivity contribution in [3.63, 3.8) is 0 Å². The van der Waals surface area contributed by atoms with E-state index in [-0.39, 0.29) is 11.4 Å². The molecule has 0 aromatic heterocycles. The summed E-state index contributed by atoms with van der Waals surface area (Å²) in [5.41, 5.74) is -1.73. The third kappa shape index (κ3) is 2.47. The van der Waals surface area contributed by atoms with Crippen LogP contribution in [-0.4, -0.2) is 33.1 Å². The highest BCUT2D eigenvalue weighted by molar-refractivity contribution is 5.96. The summed E-state index contributed by atoms with van der Waals surface area (Å²) in [6.45, 7) is 6.55. The number of ether oxygens (including phenoxy) is 1. The maximum atomic E-state index is 12.4. The number of nitrogens with zero attached hydrogens (tertiary/aromatic N) is 2. The Hall–Kier alpha value is -1.96. The first-order valence-corrected chi connectivity index (χ1v) is 6.56. The molecule has 0 saturated heterocycles. The number of hydroxylamine groups is 3. The van der Waals surface area contributed by atoms with Crippen LogP contribution in [0.15, 0.2) is 24.3 Å². The van der Waals surface area contributed by atoms with Crippen LogP contribution in [0, 0.1) is 5.21 Å². The molecule has 5 nitrogen and oxygen atoms in total. The number of hydrogen-bond donors (Lipinski definition) is 0. The Morgan fingerprint density at radius 3 is 2.00 bits per heavy atom. The molecule has 0 bridgehead atoms. The van der Waals surface area contributed by atoms with E-state index in [1.165, 1.54) is 12.1 Å². The van der Waals surface area contributed by atoms with Gasteiger partial charge >= 0.3 is 12.2 Å². The summed E-state index contributed by atoms with van der Waals surface area (Å²) in [6, 6.07) is 4.64. The van der Waals surface area contributed by atoms with Crippen molar-refractivity contribution < 1.29 is 27.9 Å². The van der Waals surface area contributed by atoms with Gasteiger partial charge in [0.15, 0.2) is 5.54 Å². The molecule has 1 aromatic carbocycles. The van der Waals surface area contributed by atoms with E-state index in [9.17, 15) is 23.6 Å². The summed E-state index contributed by atoms with van der Waals surface area (Å²) < 4.78 is 40.7. The average Bonchev–Trinajstić information content (AvgIpc) is 2.48. The molecule has 1 heterocycles. The molecule has 0 fully saturated rings. The summed E-state index contributed by atoms with van der Waals surface area (Å²) in [6.07, 6.45) is -4.79. The molecule has 0 unspecified atom stereocenters. The van der Waals surface area contributed by atoms with Crippen LogP contribution in [0.1, 0.15) is 33.3 Å². The van der Waals surface area contributed by atoms with Crippen molar-refractivity contribution in [3.8, 4) is 5.75 Å². The van der Waals surface area contributed by atoms with Crippen molar-refractivity contribution in [2.45, 2.75) is 45.1 Å². The molecule has 0 N–H and O–H groups in total. The molecular formula is C14H16F3N2O3. The third-order valence-electron chi connectivity index (χ3n) is 4.24. The predicted octanol–water partition coefficient (Wildman–Crippen LogP) is 3.06. The summed E-state index contributed by atoms with van der Waals surface area (Å²) in [5, 5.41) is 25.4. The molecule has 0 saturated carbocycles. The SMILES string of the molecule is CC1(C)N([O])C(c2ccc(OC(F)(F)F)cc2)=[N+]([O-])C1(C)C. The smallest absolute Gasteiger partial charge is 0.573 e. The van der Waals surface area contributed by atoms with Crippen LogP contribution >= 0.6 is 0 Å². The normalized spacial score (nSPS) is 20.5. The standard InChI is InChI=1S/C14H16F3N2O3/c1-12(2)13(3,4)19(21)11(18(12)20)9-5-7-10(8-6-9)22-14(15,16)17/h5-8H,1-4H3. The zero-order valence-corrected chi connectivity index (χ0v) is 12.6. The fourth-order valence-corrected chi connectivity index (χ4v) is 2.15. The van der Waals surface area contributed by atoms with Crippen molar-refractivity contribution in [3.05, 3.63) is 35.0 Å². The Balaban J connectivity index is 2.39. The first kappa shape index (κ1) is 16.4. The second-order valence-electron chi connectivity index (χ2n) is 6.10. The molecule has 0 aliphatic carbocycles. The number of rotatable bonds is 2. The van der Waals surface area contributed by atoms with Crippen LogP contribution in [0.3, 0.4) is 0 Å². The van der Waals surface area contributed by atoms with Gasteiger partial charge < -0.3 is 9.94 Å². The molecule has 1 aliphatic rings. The maximum absolute atomic E-state index is 12.4. The van der Waals surface area contributed by atoms with E-state index in [2.05, 4.69) is 4.74 Å². The van der Waals surface area contributed by atoms with Gasteiger partial charge in [0.05, 0.1) is 5.56 Å². The maximum Gasteiger partial charge on any atom is 0.573 e. The minimum Gasteiger partial charge on any atom is -0.714 e. The lowest BCUT2D eigenvalue weighted by atomic mass is 9.84. The predicted molar refractivity (Wildman–Crippen MR) is 71.5 cm³/mol. The first-order valence-electron chi connectivity index (χ1n) is 6.56. The molecule has 121 valence electrons. The van der Waals surface area contributed by atoms with Gasteiger partial charge in [-0.3, -0.25) is 4.74 Å². The topological polar surface area (TPSA) is 58.4 Å². The van der Waals surface area contributed by atoms with E-state index in [4.69, 9.17) is 0 Å². The Kier molecular flexibility index (Phi) is 3.56. The van der Waals surface area contributed by atoms with Crippen molar-refractivity contribution in [2.75, 3.05) is 0 Å². The van der Waals surface area contributed by atoms with Crippen LogP contribution in [-0.2, 0) is 5.21 Å². The van der Waals surface area contributed by atoms with E-state index in [1.54, 1.807) is 27.7 Å². The van der Waals surface area contributed by atoms with Crippen LogP contribution in [0.25, 0.3) is 0 Å². The van der Waals surface area contributed by atoms with E-state index < -0.39 is 23.2 Å². The van der Waals surface area contributed by atoms with Gasteiger partial charge in [-0.2, -0.15) is 0 Å². The highest BCUT2D eigenvalue weighted by atomic mass is 19.4. The Morgan fingerprint density at radius 2 is 1.64 bits per heavy atom. The quantitative estimate of drug-likeness (QED) is 0.622. The van der Waals surface area contributed by atoms with Gasteiger partial charge in [0.25, 0.3) is 0 Å². The highest BCUT2D eigenvalue weighted by Gasteiger charge is 2.59. The zero-order chi connectivity index (χ0) is 16.9. The van der Waals surface area contributed by atoms with Gasteiger partial charge in [-0.05, 0) is 52.0 Å². The van der Waals surface area contributed by atoms with Crippen LogP contribution in [0.5, 0.6) is 5.75 Å². The van der Waals surface area contributed by atoms with E-state index >= 15 is 0 Å². The molecule has 2 rings (SSSR count). The molecule has 1 aromatic rings. The van der Waals surface area contributed by atoms with Gasteiger partial charge in [-0.25, -0.2) is 0 Å². The van der Waals surface area contributed by atoms with Crippen molar-refractivity contribution >= 4 is 5.84 Å². The van der Waals surface area contributed by atoms with Crippen molar-refractivity contribution in [2.24, 2.45) is 0 Å². The number of alkyl halides is 3. The van der Waals surface area contributed by atoms with Gasteiger partial charge in [0.2, 0.25) is 0 Å². The highest BCUT2D eigenvalue weighted by Crippen LogP contribution is 2.37. The first-order chi connectivity index (χ1) is 9.88. The number of hydrogen-bond acceptors (Lipinski definition) is 3. The van der Waals surface area contributed by atoms with Crippen molar-refractivity contribution in [1.82, 2.24) is 5.06 Å². The van der Waals surface area contributed by atoms with E-state index in [0.717, 1.165) is 12.1 Å². The number of amidine groups is 1. The van der Waals surface area contributed by atoms with Crippen LogP contribution in [0.4, 0.5) is 13.2 Å². The summed E-state index contributed by atoms with van der Waals surface area (Å²) in [4.78, 5) is 0. The number of halogens is 3. The van der Waals surface area contributed by atoms with Gasteiger partial charge in [0, 0.05) is 5.21 Å². The van der Waals surface area contributed by atoms with Crippen LogP contribution in [0.2, 0.25) is 0 Å². The Morgan fingerprint density at radius 1 is 1.14 bits per heavy atom. The minimum atomic E-state index is -4.79. The average molecular weight is 317 g/mol. The second kappa shape index (κ2) is 4.77. The van der Waals surface area contributed by atoms with Gasteiger partial charge in [0.1, 0.15) is 11.3 Å². The largest absolute Gasteiger partial charge is 0.714 e. The number of benzene rings is 1. The van der Waals surface area contributed by atoms with E-state index in [1.807, 2.05) is 0 Å². The van der Waals surface area contributed by atoms with E-state index in [0.29, 0.717) is 9.80 Å². The lowest BCUT2D eigenvalue weighted by Crippen LogP contribution is -2.53. The lowest BCUT2D eigenvalue weighted by molar-refractivity contribution is -0.539. The van der Waals surface area contributed by atoms with Crippen LogP contribution < -0.4 is 4.74 Å². The third-order valence-corrected chi connectivity index (χ3v) is 4.24. The molecular weight excluding hydrogens is 301 g/mol. The molecule has 1 aliphatic heterocycles. The summed E-state index contributed by atoms with van der Waals surface area (Å²) in [7, 11) is 0. The zero-order valence-electron chi connectivity index (χ0n) is 12.6. The van der Waals surface area contributed by atoms with Gasteiger partial charge in [-0.1, -0.05) is 5.06 Å². The van der Waals surface area contributed by atoms with Crippen molar-refractivity contribution in [1.29, 1.82) is 0 Å². The minimum absolute atomic E-state index is 0.131. The summed E-state index contributed by atoms with van der Waals surface area (Å²) >= 11 is 0. The fourth-order valence-electron chi connectivity index (χ4n) is 2.15. The molecule has 0 spiro atoms. The Bertz CT molecular complexity index is 607. The fraction of sp³-hybridized carbons (Fsp3) is 0.500. The monoisotopic (exact) mass is 317 g/mol.